The predicted octanol–water partition coefficient (Wildman–Crippen LogP) is 4.92. The van der Waals surface area contributed by atoms with E-state index in [1.807, 2.05) is 18.2 Å². The average Bonchev–Trinajstić information content (AvgIpc) is 3.23. The molecule has 0 atom stereocenters. The van der Waals surface area contributed by atoms with Gasteiger partial charge in [0.1, 0.15) is 12.3 Å². The molecule has 0 spiro atoms. The number of anilines is 3. The highest BCUT2D eigenvalue weighted by molar-refractivity contribution is 6.17. The van der Waals surface area contributed by atoms with E-state index in [0.717, 1.165) is 17.9 Å². The number of hydrogen-bond acceptors (Lipinski definition) is 6. The van der Waals surface area contributed by atoms with Gasteiger partial charge >= 0.3 is 0 Å². The van der Waals surface area contributed by atoms with Crippen molar-refractivity contribution in [3.63, 3.8) is 0 Å². The zero-order valence-corrected chi connectivity index (χ0v) is 19.2. The van der Waals surface area contributed by atoms with Crippen LogP contribution in [0, 0.1) is 11.6 Å². The Kier molecular flexibility index (Phi) is 8.55. The summed E-state index contributed by atoms with van der Waals surface area (Å²) in [4.78, 5) is 20.9. The van der Waals surface area contributed by atoms with Crippen LogP contribution in [0.2, 0.25) is 0 Å². The zero-order valence-electron chi connectivity index (χ0n) is 17.7. The standard InChI is InChI=1S/C22H19ClF2N6O2.ClH/c23-7-2-8-33-16-6-5-14-10-26-22(30-19(14)9-16)28-15-11-27-31(12-15)13-20(32)29-18-4-1-3-17(24)21(18)25;/h1,3-6,9-12H,2,7-8,13H2,(H,29,32)(H,26,28,30);1H. The Hall–Kier alpha value is -3.50. The molecule has 0 aliphatic carbocycles. The molecule has 0 bridgehead atoms. The molecule has 0 saturated heterocycles. The first-order chi connectivity index (χ1) is 16.0. The molecule has 0 aliphatic heterocycles. The van der Waals surface area contributed by atoms with Gasteiger partial charge in [-0.2, -0.15) is 5.10 Å². The topological polar surface area (TPSA) is 94.0 Å². The quantitative estimate of drug-likeness (QED) is 0.246. The van der Waals surface area contributed by atoms with Gasteiger partial charge in [-0.15, -0.1) is 24.0 Å². The second kappa shape index (κ2) is 11.6. The third-order valence-corrected chi connectivity index (χ3v) is 4.79. The Morgan fingerprint density at radius 3 is 2.85 bits per heavy atom. The van der Waals surface area contributed by atoms with Gasteiger partial charge in [0.25, 0.3) is 0 Å². The fourth-order valence-corrected chi connectivity index (χ4v) is 3.09. The number of alkyl halides is 1. The second-order valence-electron chi connectivity index (χ2n) is 7.01. The van der Waals surface area contributed by atoms with Crippen molar-refractivity contribution < 1.29 is 18.3 Å². The lowest BCUT2D eigenvalue weighted by Crippen LogP contribution is -2.19. The lowest BCUT2D eigenvalue weighted by Gasteiger charge is -2.07. The molecular formula is C22H20Cl2F2N6O2. The van der Waals surface area contributed by atoms with Crippen molar-refractivity contribution in [2.45, 2.75) is 13.0 Å². The number of halogens is 4. The van der Waals surface area contributed by atoms with Crippen LogP contribution in [-0.2, 0) is 11.3 Å². The molecule has 4 rings (SSSR count). The number of fused-ring (bicyclic) bond motifs is 1. The smallest absolute Gasteiger partial charge is 0.246 e. The first kappa shape index (κ1) is 25.1. The highest BCUT2D eigenvalue weighted by atomic mass is 35.5. The number of nitrogens with one attached hydrogen (secondary N) is 2. The van der Waals surface area contributed by atoms with Crippen LogP contribution in [-0.4, -0.2) is 38.1 Å². The lowest BCUT2D eigenvalue weighted by atomic mass is 10.2. The molecule has 2 aromatic heterocycles. The number of benzene rings is 2. The van der Waals surface area contributed by atoms with Gasteiger partial charge < -0.3 is 15.4 Å². The molecule has 0 saturated carbocycles. The summed E-state index contributed by atoms with van der Waals surface area (Å²) in [5.41, 5.74) is 1.01. The molecule has 0 aliphatic rings. The highest BCUT2D eigenvalue weighted by Gasteiger charge is 2.12. The van der Waals surface area contributed by atoms with E-state index in [-0.39, 0.29) is 24.6 Å². The molecule has 178 valence electrons. The van der Waals surface area contributed by atoms with Gasteiger partial charge in [0.05, 0.1) is 29.7 Å². The molecule has 1 amide bonds. The fourth-order valence-electron chi connectivity index (χ4n) is 2.98. The molecule has 2 N–H and O–H groups in total. The van der Waals surface area contributed by atoms with Crippen LogP contribution >= 0.6 is 24.0 Å². The van der Waals surface area contributed by atoms with Gasteiger partial charge in [0.2, 0.25) is 11.9 Å². The minimum absolute atomic E-state index is 0. The molecule has 4 aromatic rings. The summed E-state index contributed by atoms with van der Waals surface area (Å²) in [6.45, 7) is 0.322. The third-order valence-electron chi connectivity index (χ3n) is 4.52. The van der Waals surface area contributed by atoms with E-state index in [4.69, 9.17) is 16.3 Å². The molecular weight excluding hydrogens is 489 g/mol. The Bertz CT molecular complexity index is 1290. The molecule has 0 radical (unpaired) electrons. The second-order valence-corrected chi connectivity index (χ2v) is 7.38. The van der Waals surface area contributed by atoms with Crippen molar-refractivity contribution in [2.75, 3.05) is 23.1 Å². The van der Waals surface area contributed by atoms with E-state index in [1.165, 1.54) is 23.0 Å². The maximum atomic E-state index is 13.7. The summed E-state index contributed by atoms with van der Waals surface area (Å²) >= 11 is 5.67. The number of nitrogens with zero attached hydrogens (tertiary/aromatic N) is 4. The first-order valence-electron chi connectivity index (χ1n) is 10.0. The van der Waals surface area contributed by atoms with Crippen LogP contribution in [0.4, 0.5) is 26.1 Å². The molecule has 12 heteroatoms. The summed E-state index contributed by atoms with van der Waals surface area (Å²) < 4.78 is 34.0. The van der Waals surface area contributed by atoms with Gasteiger partial charge in [-0.05, 0) is 30.7 Å². The summed E-state index contributed by atoms with van der Waals surface area (Å²) in [6, 6.07) is 9.09. The lowest BCUT2D eigenvalue weighted by molar-refractivity contribution is -0.116. The largest absolute Gasteiger partial charge is 0.493 e. The first-order valence-corrected chi connectivity index (χ1v) is 10.5. The monoisotopic (exact) mass is 508 g/mol. The van der Waals surface area contributed by atoms with Crippen molar-refractivity contribution in [1.29, 1.82) is 0 Å². The molecule has 0 fully saturated rings. The van der Waals surface area contributed by atoms with Crippen LogP contribution in [0.3, 0.4) is 0 Å². The van der Waals surface area contributed by atoms with Crippen LogP contribution < -0.4 is 15.4 Å². The van der Waals surface area contributed by atoms with E-state index in [9.17, 15) is 13.6 Å². The molecule has 34 heavy (non-hydrogen) atoms. The minimum Gasteiger partial charge on any atom is -0.493 e. The van der Waals surface area contributed by atoms with Crippen LogP contribution in [0.15, 0.2) is 55.0 Å². The highest BCUT2D eigenvalue weighted by Crippen LogP contribution is 2.21. The van der Waals surface area contributed by atoms with E-state index >= 15 is 0 Å². The Labute approximate surface area is 204 Å². The molecule has 0 unspecified atom stereocenters. The van der Waals surface area contributed by atoms with Gasteiger partial charge in [-0.25, -0.2) is 18.7 Å². The molecule has 2 aromatic carbocycles. The number of aromatic nitrogens is 4. The summed E-state index contributed by atoms with van der Waals surface area (Å²) in [6.07, 6.45) is 5.49. The number of hydrogen-bond donors (Lipinski definition) is 2. The predicted molar refractivity (Wildman–Crippen MR) is 128 cm³/mol. The Balaban J connectivity index is 0.00000324. The Morgan fingerprint density at radius 1 is 1.18 bits per heavy atom. The maximum absolute atomic E-state index is 13.7. The van der Waals surface area contributed by atoms with Gasteiger partial charge in [0, 0.05) is 29.7 Å². The van der Waals surface area contributed by atoms with Crippen molar-refractivity contribution in [1.82, 2.24) is 19.7 Å². The maximum Gasteiger partial charge on any atom is 0.246 e. The minimum atomic E-state index is -1.12. The molecule has 2 heterocycles. The molecule has 8 nitrogen and oxygen atoms in total. The van der Waals surface area contributed by atoms with E-state index < -0.39 is 17.5 Å². The number of carbonyl (C=O) groups is 1. The normalized spacial score (nSPS) is 10.6. The summed E-state index contributed by atoms with van der Waals surface area (Å²) in [5, 5.41) is 10.3. The number of ether oxygens (including phenoxy) is 1. The van der Waals surface area contributed by atoms with Crippen molar-refractivity contribution >= 4 is 58.1 Å². The summed E-state index contributed by atoms with van der Waals surface area (Å²) in [7, 11) is 0. The Morgan fingerprint density at radius 2 is 2.03 bits per heavy atom. The SMILES string of the molecule is Cl.O=C(Cn1cc(Nc2ncc3ccc(OCCCCl)cc3n2)cn1)Nc1cccc(F)c1F. The van der Waals surface area contributed by atoms with Gasteiger partial charge in [-0.3, -0.25) is 9.48 Å². The van der Waals surface area contributed by atoms with Gasteiger partial charge in [0.15, 0.2) is 11.6 Å². The van der Waals surface area contributed by atoms with Crippen molar-refractivity contribution in [3.8, 4) is 5.75 Å². The summed E-state index contributed by atoms with van der Waals surface area (Å²) in [5.74, 6) is -1.16. The van der Waals surface area contributed by atoms with Gasteiger partial charge in [-0.1, -0.05) is 6.07 Å². The van der Waals surface area contributed by atoms with Crippen molar-refractivity contribution in [2.24, 2.45) is 0 Å². The van der Waals surface area contributed by atoms with Crippen LogP contribution in [0.1, 0.15) is 6.42 Å². The fraction of sp³-hybridized carbons (Fsp3) is 0.182. The number of amides is 1. The van der Waals surface area contributed by atoms with Crippen LogP contribution in [0.5, 0.6) is 5.75 Å². The van der Waals surface area contributed by atoms with E-state index in [2.05, 4.69) is 25.7 Å². The van der Waals surface area contributed by atoms with E-state index in [0.29, 0.717) is 35.4 Å². The van der Waals surface area contributed by atoms with Crippen LogP contribution in [0.25, 0.3) is 10.9 Å². The number of carbonyl (C=O) groups excluding carboxylic acids is 1. The van der Waals surface area contributed by atoms with Crippen molar-refractivity contribution in [3.05, 3.63) is 66.6 Å². The zero-order chi connectivity index (χ0) is 23.2. The average molecular weight is 509 g/mol. The van der Waals surface area contributed by atoms with E-state index in [1.54, 1.807) is 12.4 Å². The number of rotatable bonds is 9. The third kappa shape index (κ3) is 6.30.